The Bertz CT molecular complexity index is 316. The molecule has 0 spiro atoms. The van der Waals surface area contributed by atoms with Gasteiger partial charge in [0, 0.05) is 25.3 Å². The summed E-state index contributed by atoms with van der Waals surface area (Å²) in [5.74, 6) is 0.251. The van der Waals surface area contributed by atoms with Crippen molar-refractivity contribution in [2.45, 2.75) is 39.0 Å². The van der Waals surface area contributed by atoms with Crippen LogP contribution in [0.4, 0.5) is 0 Å². The van der Waals surface area contributed by atoms with Crippen molar-refractivity contribution in [3.8, 4) is 0 Å². The summed E-state index contributed by atoms with van der Waals surface area (Å²) < 4.78 is 0. The van der Waals surface area contributed by atoms with Gasteiger partial charge in [0.2, 0.25) is 5.91 Å². The molecule has 3 nitrogen and oxygen atoms in total. The van der Waals surface area contributed by atoms with E-state index in [9.17, 15) is 9.59 Å². The van der Waals surface area contributed by atoms with Crippen molar-refractivity contribution >= 4 is 12.2 Å². The summed E-state index contributed by atoms with van der Waals surface area (Å²) in [7, 11) is 0. The first-order valence-corrected chi connectivity index (χ1v) is 5.84. The van der Waals surface area contributed by atoms with Crippen molar-refractivity contribution in [2.75, 3.05) is 6.54 Å². The van der Waals surface area contributed by atoms with Gasteiger partial charge in [-0.15, -0.1) is 5.73 Å². The Kier molecular flexibility index (Phi) is 5.00. The van der Waals surface area contributed by atoms with Crippen molar-refractivity contribution in [3.05, 3.63) is 18.0 Å². The molecule has 0 radical (unpaired) electrons. The van der Waals surface area contributed by atoms with Crippen molar-refractivity contribution in [1.82, 2.24) is 4.90 Å². The van der Waals surface area contributed by atoms with E-state index in [1.165, 1.54) is 0 Å². The Morgan fingerprint density at radius 2 is 2.25 bits per heavy atom. The molecule has 1 aliphatic rings. The van der Waals surface area contributed by atoms with Crippen molar-refractivity contribution in [1.29, 1.82) is 0 Å². The Balaban J connectivity index is 2.37. The second-order valence-corrected chi connectivity index (χ2v) is 4.23. The monoisotopic (exact) mass is 221 g/mol. The summed E-state index contributed by atoms with van der Waals surface area (Å²) in [4.78, 5) is 23.7. The zero-order valence-electron chi connectivity index (χ0n) is 9.87. The van der Waals surface area contributed by atoms with E-state index in [2.05, 4.69) is 12.3 Å². The van der Waals surface area contributed by atoms with Crippen molar-refractivity contribution in [3.63, 3.8) is 0 Å². The number of amides is 1. The summed E-state index contributed by atoms with van der Waals surface area (Å²) >= 11 is 0. The van der Waals surface area contributed by atoms with E-state index >= 15 is 0 Å². The molecule has 1 rings (SSSR count). The minimum absolute atomic E-state index is 0.0687. The predicted octanol–water partition coefficient (Wildman–Crippen LogP) is 2.28. The fourth-order valence-corrected chi connectivity index (χ4v) is 1.97. The number of carbonyl (C=O) groups excluding carboxylic acids is 2. The summed E-state index contributed by atoms with van der Waals surface area (Å²) in [6.45, 7) is 6.29. The van der Waals surface area contributed by atoms with E-state index < -0.39 is 0 Å². The topological polar surface area (TPSA) is 37.4 Å². The molecule has 1 heterocycles. The predicted molar refractivity (Wildman–Crippen MR) is 62.7 cm³/mol. The standard InChI is InChI=1S/C13H19NO2/c1-3-12-10-11(2)13(16)14(12)8-6-4-5-7-9-15/h9,11H,1,4-8,10H2,2H3. The highest BCUT2D eigenvalue weighted by molar-refractivity contribution is 5.83. The molecule has 1 saturated heterocycles. The zero-order valence-corrected chi connectivity index (χ0v) is 9.87. The van der Waals surface area contributed by atoms with Crippen LogP contribution in [-0.4, -0.2) is 23.6 Å². The third-order valence-corrected chi connectivity index (χ3v) is 2.92. The lowest BCUT2D eigenvalue weighted by molar-refractivity contribution is -0.129. The summed E-state index contributed by atoms with van der Waals surface area (Å²) in [6, 6.07) is 0. The second-order valence-electron chi connectivity index (χ2n) is 4.23. The largest absolute Gasteiger partial charge is 0.309 e. The van der Waals surface area contributed by atoms with E-state index in [0.717, 1.165) is 44.2 Å². The third-order valence-electron chi connectivity index (χ3n) is 2.92. The van der Waals surface area contributed by atoms with Gasteiger partial charge in [-0.1, -0.05) is 19.9 Å². The molecule has 88 valence electrons. The average Bonchev–Trinajstić information content (AvgIpc) is 2.56. The second kappa shape index (κ2) is 6.29. The number of likely N-dealkylation sites (tertiary alicyclic amines) is 1. The van der Waals surface area contributed by atoms with Gasteiger partial charge in [0.05, 0.1) is 5.70 Å². The maximum Gasteiger partial charge on any atom is 0.230 e. The number of unbranched alkanes of at least 4 members (excludes halogenated alkanes) is 3. The highest BCUT2D eigenvalue weighted by Crippen LogP contribution is 2.26. The number of allylic oxidation sites excluding steroid dienone is 1. The van der Waals surface area contributed by atoms with Gasteiger partial charge in [-0.3, -0.25) is 4.79 Å². The molecular formula is C13H19NO2. The molecule has 0 aromatic rings. The molecule has 0 aromatic carbocycles. The molecule has 0 bridgehead atoms. The zero-order chi connectivity index (χ0) is 12.0. The quantitative estimate of drug-likeness (QED) is 0.392. The van der Waals surface area contributed by atoms with E-state index in [0.29, 0.717) is 6.42 Å². The summed E-state index contributed by atoms with van der Waals surface area (Å²) in [5.41, 5.74) is 3.77. The molecule has 3 heteroatoms. The smallest absolute Gasteiger partial charge is 0.230 e. The van der Waals surface area contributed by atoms with Gasteiger partial charge in [0.1, 0.15) is 6.29 Å². The highest BCUT2D eigenvalue weighted by atomic mass is 16.2. The summed E-state index contributed by atoms with van der Waals surface area (Å²) in [5, 5.41) is 0. The molecule has 0 N–H and O–H groups in total. The van der Waals surface area contributed by atoms with Crippen LogP contribution in [0.3, 0.4) is 0 Å². The van der Waals surface area contributed by atoms with Crippen LogP contribution in [0.2, 0.25) is 0 Å². The summed E-state index contributed by atoms with van der Waals surface area (Å²) in [6.07, 6.45) is 5.16. The van der Waals surface area contributed by atoms with E-state index in [4.69, 9.17) is 0 Å². The Hall–Kier alpha value is -1.34. The fraction of sp³-hybridized carbons (Fsp3) is 0.615. The van der Waals surface area contributed by atoms with E-state index in [1.807, 2.05) is 6.92 Å². The molecular weight excluding hydrogens is 202 g/mol. The van der Waals surface area contributed by atoms with Crippen LogP contribution < -0.4 is 0 Å². The molecule has 1 amide bonds. The van der Waals surface area contributed by atoms with Gasteiger partial charge in [0.25, 0.3) is 0 Å². The molecule has 1 aliphatic heterocycles. The molecule has 1 atom stereocenters. The first kappa shape index (κ1) is 12.7. The van der Waals surface area contributed by atoms with Gasteiger partial charge in [0.15, 0.2) is 0 Å². The average molecular weight is 221 g/mol. The first-order chi connectivity index (χ1) is 7.70. The van der Waals surface area contributed by atoms with Gasteiger partial charge in [-0.25, -0.2) is 0 Å². The molecule has 1 unspecified atom stereocenters. The number of aldehydes is 1. The van der Waals surface area contributed by atoms with Gasteiger partial charge < -0.3 is 9.69 Å². The Morgan fingerprint density at radius 1 is 1.50 bits per heavy atom. The van der Waals surface area contributed by atoms with Crippen LogP contribution in [0.1, 0.15) is 39.0 Å². The fourth-order valence-electron chi connectivity index (χ4n) is 1.97. The van der Waals surface area contributed by atoms with Crippen LogP contribution in [0, 0.1) is 5.92 Å². The van der Waals surface area contributed by atoms with Crippen LogP contribution in [0.15, 0.2) is 18.0 Å². The van der Waals surface area contributed by atoms with Crippen molar-refractivity contribution < 1.29 is 9.59 Å². The molecule has 0 aliphatic carbocycles. The normalized spacial score (nSPS) is 20.1. The molecule has 16 heavy (non-hydrogen) atoms. The first-order valence-electron chi connectivity index (χ1n) is 5.84. The molecule has 1 fully saturated rings. The van der Waals surface area contributed by atoms with E-state index in [1.54, 1.807) is 4.90 Å². The highest BCUT2D eigenvalue weighted by Gasteiger charge is 2.31. The van der Waals surface area contributed by atoms with Crippen LogP contribution in [-0.2, 0) is 9.59 Å². The maximum absolute atomic E-state index is 11.8. The van der Waals surface area contributed by atoms with Crippen molar-refractivity contribution in [2.24, 2.45) is 5.92 Å². The number of rotatable bonds is 6. The number of hydrogen-bond acceptors (Lipinski definition) is 2. The van der Waals surface area contributed by atoms with Gasteiger partial charge >= 0.3 is 0 Å². The SMILES string of the molecule is C=C=C1CC(C)C(=O)N1CCCCCC=O. The van der Waals surface area contributed by atoms with E-state index in [-0.39, 0.29) is 11.8 Å². The number of carbonyl (C=O) groups is 2. The number of hydrogen-bond donors (Lipinski definition) is 0. The Labute approximate surface area is 96.8 Å². The van der Waals surface area contributed by atoms with Gasteiger partial charge in [-0.2, -0.15) is 0 Å². The Morgan fingerprint density at radius 3 is 2.88 bits per heavy atom. The lowest BCUT2D eigenvalue weighted by atomic mass is 10.1. The molecule has 0 aromatic heterocycles. The minimum atomic E-state index is 0.0687. The minimum Gasteiger partial charge on any atom is -0.309 e. The van der Waals surface area contributed by atoms with Crippen LogP contribution >= 0.6 is 0 Å². The third kappa shape index (κ3) is 3.07. The van der Waals surface area contributed by atoms with Gasteiger partial charge in [-0.05, 0) is 12.8 Å². The maximum atomic E-state index is 11.8. The lowest BCUT2D eigenvalue weighted by Crippen LogP contribution is -2.26. The number of nitrogens with zero attached hydrogens (tertiary/aromatic N) is 1. The van der Waals surface area contributed by atoms with Crippen LogP contribution in [0.5, 0.6) is 0 Å². The molecule has 0 saturated carbocycles. The lowest BCUT2D eigenvalue weighted by Gasteiger charge is -2.16. The van der Waals surface area contributed by atoms with Crippen LogP contribution in [0.25, 0.3) is 0 Å².